The number of halogens is 2. The largest absolute Gasteiger partial charge is 0.545 e. The summed E-state index contributed by atoms with van der Waals surface area (Å²) in [5.41, 5.74) is 0.136. The zero-order chi connectivity index (χ0) is 15.6. The fourth-order valence-corrected chi connectivity index (χ4v) is 2.89. The fourth-order valence-electron chi connectivity index (χ4n) is 1.54. The molecule has 8 heteroatoms. The van der Waals surface area contributed by atoms with Crippen LogP contribution >= 0.6 is 23.2 Å². The van der Waals surface area contributed by atoms with E-state index in [0.717, 1.165) is 12.1 Å². The van der Waals surface area contributed by atoms with Gasteiger partial charge in [0.25, 0.3) is 10.0 Å². The molecule has 0 atom stereocenters. The van der Waals surface area contributed by atoms with Crippen molar-refractivity contribution in [1.82, 2.24) is 0 Å². The number of anilines is 1. The number of benzene rings is 2. The number of carboxylic acids is 1. The second-order valence-corrected chi connectivity index (χ2v) is 6.54. The second kappa shape index (κ2) is 5.93. The van der Waals surface area contributed by atoms with E-state index in [1.54, 1.807) is 0 Å². The van der Waals surface area contributed by atoms with Gasteiger partial charge < -0.3 is 9.90 Å². The number of carbonyl (C=O) groups is 1. The molecule has 0 saturated carbocycles. The van der Waals surface area contributed by atoms with E-state index in [0.29, 0.717) is 5.02 Å². The van der Waals surface area contributed by atoms with Crippen LogP contribution in [0.1, 0.15) is 10.4 Å². The van der Waals surface area contributed by atoms with E-state index in [2.05, 4.69) is 4.72 Å². The van der Waals surface area contributed by atoms with Gasteiger partial charge in [-0.3, -0.25) is 4.72 Å². The maximum Gasteiger partial charge on any atom is 0.261 e. The Kier molecular flexibility index (Phi) is 4.41. The van der Waals surface area contributed by atoms with Crippen LogP contribution < -0.4 is 9.83 Å². The van der Waals surface area contributed by atoms with Crippen molar-refractivity contribution < 1.29 is 18.3 Å². The molecule has 0 bridgehead atoms. The molecule has 0 spiro atoms. The van der Waals surface area contributed by atoms with E-state index < -0.39 is 16.0 Å². The Morgan fingerprint density at radius 2 is 1.62 bits per heavy atom. The normalized spacial score (nSPS) is 11.1. The SMILES string of the molecule is O=C([O-])c1ccc(S(=O)(=O)Nc2ccc(Cl)c(Cl)c2)cc1. The number of rotatable bonds is 4. The Labute approximate surface area is 131 Å². The van der Waals surface area contributed by atoms with Crippen LogP contribution in [0, 0.1) is 0 Å². The van der Waals surface area contributed by atoms with Crippen molar-refractivity contribution in [2.75, 3.05) is 4.72 Å². The molecule has 0 heterocycles. The van der Waals surface area contributed by atoms with Crippen LogP contribution in [0.3, 0.4) is 0 Å². The minimum Gasteiger partial charge on any atom is -0.545 e. The highest BCUT2D eigenvalue weighted by atomic mass is 35.5. The van der Waals surface area contributed by atoms with Crippen molar-refractivity contribution in [3.05, 3.63) is 58.1 Å². The number of hydrogen-bond donors (Lipinski definition) is 1. The summed E-state index contributed by atoms with van der Waals surface area (Å²) in [6.45, 7) is 0. The first-order chi connectivity index (χ1) is 9.79. The molecule has 0 aromatic heterocycles. The van der Waals surface area contributed by atoms with Crippen LogP contribution in [0.2, 0.25) is 10.0 Å². The van der Waals surface area contributed by atoms with Gasteiger partial charge in [-0.2, -0.15) is 0 Å². The van der Waals surface area contributed by atoms with Crippen LogP contribution in [0.15, 0.2) is 47.4 Å². The van der Waals surface area contributed by atoms with Gasteiger partial charge in [0.1, 0.15) is 0 Å². The molecule has 0 unspecified atom stereocenters. The minimum atomic E-state index is -3.85. The molecule has 21 heavy (non-hydrogen) atoms. The first-order valence-electron chi connectivity index (χ1n) is 5.59. The predicted octanol–water partition coefficient (Wildman–Crippen LogP) is 2.16. The van der Waals surface area contributed by atoms with Crippen molar-refractivity contribution in [1.29, 1.82) is 0 Å². The average molecular weight is 345 g/mol. The lowest BCUT2D eigenvalue weighted by Gasteiger charge is -2.10. The minimum absolute atomic E-state index is 0.0847. The molecule has 0 fully saturated rings. The summed E-state index contributed by atoms with van der Waals surface area (Å²) in [4.78, 5) is 10.5. The van der Waals surface area contributed by atoms with Gasteiger partial charge >= 0.3 is 0 Å². The van der Waals surface area contributed by atoms with Gasteiger partial charge in [0.05, 0.1) is 26.6 Å². The van der Waals surface area contributed by atoms with E-state index in [9.17, 15) is 18.3 Å². The zero-order valence-electron chi connectivity index (χ0n) is 10.3. The third-order valence-corrected chi connectivity index (χ3v) is 4.71. The highest BCUT2D eigenvalue weighted by molar-refractivity contribution is 7.92. The molecule has 0 aliphatic rings. The van der Waals surface area contributed by atoms with E-state index in [4.69, 9.17) is 23.2 Å². The van der Waals surface area contributed by atoms with Crippen LogP contribution in [0.25, 0.3) is 0 Å². The molecule has 2 aromatic rings. The number of carbonyl (C=O) groups excluding carboxylic acids is 1. The Balaban J connectivity index is 2.29. The lowest BCUT2D eigenvalue weighted by molar-refractivity contribution is -0.255. The summed E-state index contributed by atoms with van der Waals surface area (Å²) in [7, 11) is -3.85. The summed E-state index contributed by atoms with van der Waals surface area (Å²) >= 11 is 11.6. The molecule has 0 amide bonds. The standard InChI is InChI=1S/C13H9Cl2NO4S/c14-11-6-3-9(7-12(11)15)16-21(19,20)10-4-1-8(2-5-10)13(17)18/h1-7,16H,(H,17,18)/p-1. The molecule has 0 radical (unpaired) electrons. The van der Waals surface area contributed by atoms with E-state index in [-0.39, 0.29) is 21.2 Å². The highest BCUT2D eigenvalue weighted by Gasteiger charge is 2.14. The summed E-state index contributed by atoms with van der Waals surface area (Å²) < 4.78 is 26.6. The third-order valence-electron chi connectivity index (χ3n) is 2.57. The number of hydrogen-bond acceptors (Lipinski definition) is 4. The van der Waals surface area contributed by atoms with Gasteiger partial charge in [-0.25, -0.2) is 8.42 Å². The number of nitrogens with one attached hydrogen (secondary N) is 1. The van der Waals surface area contributed by atoms with Crippen molar-refractivity contribution >= 4 is 44.9 Å². The van der Waals surface area contributed by atoms with Gasteiger partial charge in [-0.05, 0) is 35.9 Å². The van der Waals surface area contributed by atoms with Crippen LogP contribution in [0.4, 0.5) is 5.69 Å². The summed E-state index contributed by atoms with van der Waals surface area (Å²) in [5, 5.41) is 11.1. The molecule has 2 rings (SSSR count). The van der Waals surface area contributed by atoms with Crippen molar-refractivity contribution in [3.63, 3.8) is 0 Å². The van der Waals surface area contributed by atoms with Crippen molar-refractivity contribution in [2.24, 2.45) is 0 Å². The summed E-state index contributed by atoms with van der Waals surface area (Å²) in [6, 6.07) is 8.94. The van der Waals surface area contributed by atoms with Crippen LogP contribution in [-0.2, 0) is 10.0 Å². The lowest BCUT2D eigenvalue weighted by Crippen LogP contribution is -2.22. The van der Waals surface area contributed by atoms with E-state index >= 15 is 0 Å². The maximum absolute atomic E-state index is 12.1. The maximum atomic E-state index is 12.1. The first-order valence-corrected chi connectivity index (χ1v) is 7.83. The molecule has 1 N–H and O–H groups in total. The van der Waals surface area contributed by atoms with E-state index in [1.807, 2.05) is 0 Å². The quantitative estimate of drug-likeness (QED) is 0.920. The van der Waals surface area contributed by atoms with Gasteiger partial charge in [0.2, 0.25) is 0 Å². The molecule has 2 aromatic carbocycles. The Hall–Kier alpha value is -1.76. The van der Waals surface area contributed by atoms with Gasteiger partial charge in [0.15, 0.2) is 0 Å². The summed E-state index contributed by atoms with van der Waals surface area (Å²) in [6.07, 6.45) is 0. The average Bonchev–Trinajstić information content (AvgIpc) is 2.43. The van der Waals surface area contributed by atoms with E-state index in [1.165, 1.54) is 30.3 Å². The number of sulfonamides is 1. The first kappa shape index (κ1) is 15.6. The molecular weight excluding hydrogens is 337 g/mol. The van der Waals surface area contributed by atoms with Gasteiger partial charge in [0, 0.05) is 0 Å². The molecule has 0 saturated heterocycles. The van der Waals surface area contributed by atoms with Gasteiger partial charge in [-0.15, -0.1) is 0 Å². The highest BCUT2D eigenvalue weighted by Crippen LogP contribution is 2.26. The Morgan fingerprint density at radius 1 is 1.00 bits per heavy atom. The number of carboxylic acid groups (broad SMARTS) is 1. The third kappa shape index (κ3) is 3.66. The molecule has 0 aliphatic carbocycles. The molecular formula is C13H8Cl2NO4S-. The van der Waals surface area contributed by atoms with Crippen LogP contribution in [-0.4, -0.2) is 14.4 Å². The number of aromatic carboxylic acids is 1. The van der Waals surface area contributed by atoms with Crippen molar-refractivity contribution in [2.45, 2.75) is 4.90 Å². The van der Waals surface area contributed by atoms with Crippen LogP contribution in [0.5, 0.6) is 0 Å². The van der Waals surface area contributed by atoms with Gasteiger partial charge in [-0.1, -0.05) is 35.3 Å². The topological polar surface area (TPSA) is 86.3 Å². The van der Waals surface area contributed by atoms with Crippen molar-refractivity contribution in [3.8, 4) is 0 Å². The fraction of sp³-hybridized carbons (Fsp3) is 0. The Morgan fingerprint density at radius 3 is 2.14 bits per heavy atom. The summed E-state index contributed by atoms with van der Waals surface area (Å²) in [5.74, 6) is -1.38. The monoisotopic (exact) mass is 344 g/mol. The smallest absolute Gasteiger partial charge is 0.261 e. The Bertz CT molecular complexity index is 788. The second-order valence-electron chi connectivity index (χ2n) is 4.05. The molecule has 0 aliphatic heterocycles. The zero-order valence-corrected chi connectivity index (χ0v) is 12.7. The lowest BCUT2D eigenvalue weighted by atomic mass is 10.2. The molecule has 110 valence electrons. The molecule has 5 nitrogen and oxygen atoms in total. The predicted molar refractivity (Wildman–Crippen MR) is 78.0 cm³/mol.